The van der Waals surface area contributed by atoms with Crippen LogP contribution in [0, 0.1) is 0 Å². The molecule has 0 aromatic carbocycles. The molecule has 0 bridgehead atoms. The van der Waals surface area contributed by atoms with Crippen molar-refractivity contribution in [1.82, 2.24) is 0 Å². The maximum atomic E-state index is 9.68. The number of carbonyl (C=O) groups is 1. The zero-order chi connectivity index (χ0) is 4.28. The van der Waals surface area contributed by atoms with Crippen molar-refractivity contribution in [3.8, 4) is 0 Å². The highest BCUT2D eigenvalue weighted by Crippen LogP contribution is 1.81. The van der Waals surface area contributed by atoms with Crippen molar-refractivity contribution in [3.05, 3.63) is 12.7 Å². The van der Waals surface area contributed by atoms with E-state index in [1.165, 1.54) is 6.08 Å². The second-order valence-electron chi connectivity index (χ2n) is 0.508. The molecule has 0 amide bonds. The summed E-state index contributed by atoms with van der Waals surface area (Å²) in [7, 11) is 0. The molecule has 0 saturated carbocycles. The van der Waals surface area contributed by atoms with Gasteiger partial charge in [0.2, 0.25) is 3.79 Å². The molecule has 0 aromatic heterocycles. The third kappa shape index (κ3) is 4.14. The highest BCUT2D eigenvalue weighted by molar-refractivity contribution is 14.1. The molecule has 0 saturated heterocycles. The van der Waals surface area contributed by atoms with Crippen molar-refractivity contribution >= 4 is 26.4 Å². The van der Waals surface area contributed by atoms with Crippen LogP contribution in [-0.2, 0) is 4.79 Å². The minimum Gasteiger partial charge on any atom is -0.283 e. The largest absolute Gasteiger partial charge is 0.283 e. The summed E-state index contributed by atoms with van der Waals surface area (Å²) in [6, 6.07) is 0. The number of hydrogen-bond acceptors (Lipinski definition) is 1. The quantitative estimate of drug-likeness (QED) is 0.337. The fraction of sp³-hybridized carbons (Fsp3) is 0. The second kappa shape index (κ2) is 2.38. The Kier molecular flexibility index (Phi) is 2.45. The van der Waals surface area contributed by atoms with E-state index in [-0.39, 0.29) is 3.79 Å². The Bertz CT molecular complexity index is 57.9. The molecular weight excluding hydrogens is 179 g/mol. The fourth-order valence-corrected chi connectivity index (χ4v) is 0. The number of halogens is 1. The Hall–Kier alpha value is 0.140. The van der Waals surface area contributed by atoms with Gasteiger partial charge in [-0.05, 0) is 6.08 Å². The highest BCUT2D eigenvalue weighted by Gasteiger charge is 1.73. The van der Waals surface area contributed by atoms with Gasteiger partial charge in [-0.2, -0.15) is 0 Å². The van der Waals surface area contributed by atoms with Crippen molar-refractivity contribution in [2.75, 3.05) is 0 Å². The van der Waals surface area contributed by atoms with Crippen LogP contribution in [0.3, 0.4) is 0 Å². The molecule has 1 nitrogen and oxygen atoms in total. The van der Waals surface area contributed by atoms with Crippen LogP contribution in [0.2, 0.25) is 0 Å². The molecule has 0 aromatic rings. The first-order chi connectivity index (χ1) is 2.27. The lowest BCUT2D eigenvalue weighted by Gasteiger charge is -1.59. The molecule has 0 atom stereocenters. The van der Waals surface area contributed by atoms with Gasteiger partial charge in [0.25, 0.3) is 0 Å². The Morgan fingerprint density at radius 1 is 2.00 bits per heavy atom. The van der Waals surface area contributed by atoms with Crippen LogP contribution in [-0.4, -0.2) is 3.79 Å². The van der Waals surface area contributed by atoms with Gasteiger partial charge in [0, 0.05) is 22.6 Å². The molecule has 0 spiro atoms. The van der Waals surface area contributed by atoms with Crippen LogP contribution in [0.4, 0.5) is 0 Å². The zero-order valence-corrected chi connectivity index (χ0v) is 4.73. The van der Waals surface area contributed by atoms with Gasteiger partial charge in [-0.25, -0.2) is 0 Å². The van der Waals surface area contributed by atoms with E-state index in [0.717, 1.165) is 0 Å². The molecule has 0 aliphatic carbocycles. The van der Waals surface area contributed by atoms with Crippen LogP contribution < -0.4 is 0 Å². The van der Waals surface area contributed by atoms with E-state index in [2.05, 4.69) is 6.58 Å². The second-order valence-corrected chi connectivity index (χ2v) is 1.57. The number of hydrogen-bond donors (Lipinski definition) is 0. The molecule has 0 aliphatic rings. The van der Waals surface area contributed by atoms with Crippen molar-refractivity contribution in [3.63, 3.8) is 0 Å². The van der Waals surface area contributed by atoms with E-state index in [1.807, 2.05) is 0 Å². The van der Waals surface area contributed by atoms with Gasteiger partial charge in [-0.3, -0.25) is 4.79 Å². The molecule has 0 heterocycles. The van der Waals surface area contributed by atoms with E-state index < -0.39 is 0 Å². The normalized spacial score (nSPS) is 6.60. The third-order valence-electron chi connectivity index (χ3n) is 0.160. The van der Waals surface area contributed by atoms with Gasteiger partial charge < -0.3 is 0 Å². The summed E-state index contributed by atoms with van der Waals surface area (Å²) in [5, 5.41) is 0. The molecule has 0 N–H and O–H groups in total. The highest BCUT2D eigenvalue weighted by atomic mass is 127. The van der Waals surface area contributed by atoms with Gasteiger partial charge in [0.15, 0.2) is 0 Å². The standard InChI is InChI=1S/C3H3IO/c1-2-3(4)5/h2H,1H2. The van der Waals surface area contributed by atoms with Gasteiger partial charge in [0.1, 0.15) is 0 Å². The Labute approximate surface area is 44.2 Å². The minimum absolute atomic E-state index is 0.0115. The van der Waals surface area contributed by atoms with Crippen molar-refractivity contribution in [2.24, 2.45) is 0 Å². The lowest BCUT2D eigenvalue weighted by molar-refractivity contribution is -0.105. The van der Waals surface area contributed by atoms with E-state index in [0.29, 0.717) is 0 Å². The third-order valence-corrected chi connectivity index (χ3v) is 0.601. The summed E-state index contributed by atoms with van der Waals surface area (Å²) in [4.78, 5) is 9.68. The SMILES string of the molecule is C=CC(=O)I. The zero-order valence-electron chi connectivity index (χ0n) is 2.57. The molecule has 0 fully saturated rings. The predicted molar refractivity (Wildman–Crippen MR) is 29.2 cm³/mol. The lowest BCUT2D eigenvalue weighted by atomic mass is 10.8. The van der Waals surface area contributed by atoms with Gasteiger partial charge in [-0.1, -0.05) is 6.58 Å². The molecule has 2 heteroatoms. The molecular formula is C3H3IO. The van der Waals surface area contributed by atoms with Crippen molar-refractivity contribution in [2.45, 2.75) is 0 Å². The van der Waals surface area contributed by atoms with Crippen LogP contribution >= 0.6 is 22.6 Å². The maximum absolute atomic E-state index is 9.68. The van der Waals surface area contributed by atoms with Gasteiger partial charge in [-0.15, -0.1) is 0 Å². The maximum Gasteiger partial charge on any atom is 0.214 e. The molecule has 0 rings (SSSR count). The number of rotatable bonds is 1. The molecule has 28 valence electrons. The summed E-state index contributed by atoms with van der Waals surface area (Å²) in [5.41, 5.74) is 0. The van der Waals surface area contributed by atoms with Crippen molar-refractivity contribution < 1.29 is 4.79 Å². The fourth-order valence-electron chi connectivity index (χ4n) is 0. The molecule has 5 heavy (non-hydrogen) atoms. The predicted octanol–water partition coefficient (Wildman–Crippen LogP) is 1.13. The Morgan fingerprint density at radius 2 is 2.20 bits per heavy atom. The smallest absolute Gasteiger partial charge is 0.214 e. The molecule has 0 aliphatic heterocycles. The first-order valence-electron chi connectivity index (χ1n) is 1.09. The van der Waals surface area contributed by atoms with Gasteiger partial charge in [0.05, 0.1) is 0 Å². The van der Waals surface area contributed by atoms with E-state index >= 15 is 0 Å². The van der Waals surface area contributed by atoms with Crippen LogP contribution in [0.25, 0.3) is 0 Å². The Balaban J connectivity index is 3.20. The van der Waals surface area contributed by atoms with Crippen LogP contribution in [0.5, 0.6) is 0 Å². The van der Waals surface area contributed by atoms with E-state index in [9.17, 15) is 4.79 Å². The first kappa shape index (κ1) is 5.14. The summed E-state index contributed by atoms with van der Waals surface area (Å²) >= 11 is 1.65. The molecule has 0 radical (unpaired) electrons. The van der Waals surface area contributed by atoms with Crippen LogP contribution in [0.1, 0.15) is 0 Å². The van der Waals surface area contributed by atoms with Crippen LogP contribution in [0.15, 0.2) is 12.7 Å². The molecule has 0 unspecified atom stereocenters. The minimum atomic E-state index is -0.0115. The Morgan fingerprint density at radius 3 is 2.20 bits per heavy atom. The topological polar surface area (TPSA) is 17.1 Å². The lowest BCUT2D eigenvalue weighted by Crippen LogP contribution is -1.66. The summed E-state index contributed by atoms with van der Waals surface area (Å²) in [6.45, 7) is 3.20. The first-order valence-corrected chi connectivity index (χ1v) is 2.17. The van der Waals surface area contributed by atoms with Crippen molar-refractivity contribution in [1.29, 1.82) is 0 Å². The van der Waals surface area contributed by atoms with E-state index in [4.69, 9.17) is 0 Å². The summed E-state index contributed by atoms with van der Waals surface area (Å²) < 4.78 is -0.0115. The number of carbonyl (C=O) groups excluding carboxylic acids is 1. The average molecular weight is 182 g/mol. The van der Waals surface area contributed by atoms with E-state index in [1.54, 1.807) is 22.6 Å². The average Bonchev–Trinajstić information content (AvgIpc) is 1.38. The van der Waals surface area contributed by atoms with Gasteiger partial charge >= 0.3 is 0 Å². The summed E-state index contributed by atoms with van der Waals surface area (Å²) in [5.74, 6) is 0. The number of allylic oxidation sites excluding steroid dienone is 1. The summed E-state index contributed by atoms with van der Waals surface area (Å²) in [6.07, 6.45) is 1.26. The monoisotopic (exact) mass is 182 g/mol.